The van der Waals surface area contributed by atoms with Gasteiger partial charge in [0.05, 0.1) is 13.2 Å². The standard InChI is InChI=1S/C44H43F3NO5P/c1-32-36(18-11-25-48-32)27-41(49)38-20-22-40-37(26-38)19-21-39-29-43(44(45,46)47,24-23-42(39,40)28-33-12-5-2-6-13-33)53-54(50,51-30-34-14-7-3-8-15-34)52-31-35-16-9-4-10-17-35/h2-18,20,22,25-26,39H,19,21,23-24,27-31H2,1H3/t39-,42+,43-/m1/s1. The smallest absolute Gasteiger partial charge is 0.294 e. The molecule has 54 heavy (non-hydrogen) atoms. The summed E-state index contributed by atoms with van der Waals surface area (Å²) in [6.07, 6.45) is -2.31. The van der Waals surface area contributed by atoms with Gasteiger partial charge in [0.2, 0.25) is 0 Å². The SMILES string of the molecule is Cc1ncccc1CC(=O)c1ccc2c(c1)CC[C@@H]1C[C@@](OP(=O)(OCc3ccccc3)OCc3ccccc3)(C(F)(F)F)CC[C@@]21Cc1ccccc1. The molecule has 0 radical (unpaired) electrons. The van der Waals surface area contributed by atoms with Crippen LogP contribution in [-0.4, -0.2) is 22.5 Å². The summed E-state index contributed by atoms with van der Waals surface area (Å²) in [4.78, 5) is 17.8. The van der Waals surface area contributed by atoms with Gasteiger partial charge in [-0.25, -0.2) is 4.57 Å². The highest BCUT2D eigenvalue weighted by molar-refractivity contribution is 7.48. The molecule has 6 nitrogen and oxygen atoms in total. The predicted molar refractivity (Wildman–Crippen MR) is 201 cm³/mol. The fourth-order valence-corrected chi connectivity index (χ4v) is 9.76. The van der Waals surface area contributed by atoms with Crippen LogP contribution < -0.4 is 0 Å². The van der Waals surface area contributed by atoms with Crippen molar-refractivity contribution in [2.75, 3.05) is 0 Å². The van der Waals surface area contributed by atoms with Crippen LogP contribution in [0.5, 0.6) is 0 Å². The van der Waals surface area contributed by atoms with Crippen molar-refractivity contribution in [2.24, 2.45) is 5.92 Å². The van der Waals surface area contributed by atoms with E-state index in [0.29, 0.717) is 36.0 Å². The largest absolute Gasteiger partial charge is 0.476 e. The highest BCUT2D eigenvalue weighted by atomic mass is 31.2. The molecule has 4 aromatic carbocycles. The van der Waals surface area contributed by atoms with E-state index in [9.17, 15) is 9.36 Å². The first-order valence-corrected chi connectivity index (χ1v) is 19.8. The fourth-order valence-electron chi connectivity index (χ4n) is 8.27. The van der Waals surface area contributed by atoms with Crippen molar-refractivity contribution < 1.29 is 36.1 Å². The maximum atomic E-state index is 15.6. The number of phosphoric ester groups is 1. The normalized spacial score (nSPS) is 21.2. The third-order valence-electron chi connectivity index (χ3n) is 11.2. The zero-order chi connectivity index (χ0) is 37.8. The molecule has 1 fully saturated rings. The summed E-state index contributed by atoms with van der Waals surface area (Å²) >= 11 is 0. The zero-order valence-electron chi connectivity index (χ0n) is 30.1. The van der Waals surface area contributed by atoms with E-state index in [2.05, 4.69) is 4.98 Å². The molecule has 0 saturated heterocycles. The second kappa shape index (κ2) is 15.8. The Kier molecular flexibility index (Phi) is 11.1. The lowest BCUT2D eigenvalue weighted by molar-refractivity contribution is -0.274. The molecule has 2 aliphatic rings. The number of halogens is 3. The number of hydrogen-bond donors (Lipinski definition) is 0. The van der Waals surface area contributed by atoms with Gasteiger partial charge in [0.1, 0.15) is 0 Å². The lowest BCUT2D eigenvalue weighted by Gasteiger charge is -2.54. The number of nitrogens with zero attached hydrogens (tertiary/aromatic N) is 1. The van der Waals surface area contributed by atoms with Gasteiger partial charge in [0.15, 0.2) is 11.4 Å². The van der Waals surface area contributed by atoms with Crippen LogP contribution in [0.4, 0.5) is 13.2 Å². The van der Waals surface area contributed by atoms with Crippen molar-refractivity contribution in [2.45, 2.75) is 82.3 Å². The highest BCUT2D eigenvalue weighted by Gasteiger charge is 2.65. The predicted octanol–water partition coefficient (Wildman–Crippen LogP) is 10.9. The lowest BCUT2D eigenvalue weighted by Crippen LogP contribution is -2.57. The van der Waals surface area contributed by atoms with Crippen LogP contribution in [0.1, 0.15) is 75.1 Å². The monoisotopic (exact) mass is 753 g/mol. The van der Waals surface area contributed by atoms with Crippen LogP contribution in [-0.2, 0) is 56.0 Å². The number of alkyl halides is 3. The summed E-state index contributed by atoms with van der Waals surface area (Å²) in [6, 6.07) is 36.8. The van der Waals surface area contributed by atoms with Crippen LogP contribution in [0, 0.1) is 12.8 Å². The minimum atomic E-state index is -4.88. The van der Waals surface area contributed by atoms with Crippen molar-refractivity contribution in [3.8, 4) is 0 Å². The Hall–Kier alpha value is -4.40. The van der Waals surface area contributed by atoms with E-state index in [1.54, 1.807) is 66.9 Å². The zero-order valence-corrected chi connectivity index (χ0v) is 31.0. The number of Topliss-reactive ketones (excluding diaryl/α,β-unsaturated/α-hetero) is 1. The van der Waals surface area contributed by atoms with Crippen LogP contribution in [0.2, 0.25) is 0 Å². The number of fused-ring (bicyclic) bond motifs is 3. The molecular formula is C44H43F3NO5P. The first kappa shape index (κ1) is 37.9. The number of benzene rings is 4. The van der Waals surface area contributed by atoms with Crippen molar-refractivity contribution in [3.63, 3.8) is 0 Å². The van der Waals surface area contributed by atoms with Crippen LogP contribution >= 0.6 is 7.82 Å². The molecule has 5 aromatic rings. The third-order valence-corrected chi connectivity index (χ3v) is 12.6. The number of ketones is 1. The molecule has 2 aliphatic carbocycles. The molecule has 0 N–H and O–H groups in total. The first-order valence-electron chi connectivity index (χ1n) is 18.3. The molecule has 0 unspecified atom stereocenters. The average Bonchev–Trinajstić information content (AvgIpc) is 3.18. The van der Waals surface area contributed by atoms with Gasteiger partial charge in [-0.1, -0.05) is 109 Å². The molecule has 7 rings (SSSR count). The Balaban J connectivity index is 1.22. The summed E-state index contributed by atoms with van der Waals surface area (Å²) in [5.41, 5.74) is 2.93. The maximum Gasteiger partial charge on any atom is 0.476 e. The van der Waals surface area contributed by atoms with E-state index >= 15 is 13.2 Å². The highest BCUT2D eigenvalue weighted by Crippen LogP contribution is 2.64. The molecule has 1 aromatic heterocycles. The number of pyridine rings is 1. The maximum absolute atomic E-state index is 15.6. The summed E-state index contributed by atoms with van der Waals surface area (Å²) < 4.78 is 78.6. The van der Waals surface area contributed by atoms with Gasteiger partial charge in [-0.3, -0.25) is 23.3 Å². The number of hydrogen-bond acceptors (Lipinski definition) is 6. The Bertz CT molecular complexity index is 2070. The summed E-state index contributed by atoms with van der Waals surface area (Å²) in [5.74, 6) is -0.528. The Morgan fingerprint density at radius 2 is 1.43 bits per heavy atom. The van der Waals surface area contributed by atoms with E-state index < -0.39 is 43.8 Å². The van der Waals surface area contributed by atoms with Crippen LogP contribution in [0.15, 0.2) is 128 Å². The van der Waals surface area contributed by atoms with Crippen LogP contribution in [0.3, 0.4) is 0 Å². The van der Waals surface area contributed by atoms with E-state index in [4.69, 9.17) is 13.6 Å². The number of phosphoric acid groups is 1. The number of aryl methyl sites for hydroxylation is 2. The topological polar surface area (TPSA) is 74.7 Å². The molecule has 3 atom stereocenters. The first-order chi connectivity index (χ1) is 26.0. The fraction of sp³-hybridized carbons (Fsp3) is 0.318. The molecule has 1 saturated carbocycles. The van der Waals surface area contributed by atoms with Gasteiger partial charge in [0.25, 0.3) is 0 Å². The number of rotatable bonds is 13. The van der Waals surface area contributed by atoms with Gasteiger partial charge in [-0.05, 0) is 96.9 Å². The van der Waals surface area contributed by atoms with E-state index in [1.165, 1.54) is 0 Å². The molecule has 0 amide bonds. The van der Waals surface area contributed by atoms with Crippen molar-refractivity contribution in [3.05, 3.63) is 172 Å². The lowest BCUT2D eigenvalue weighted by atomic mass is 9.52. The third kappa shape index (κ3) is 8.15. The van der Waals surface area contributed by atoms with E-state index in [1.807, 2.05) is 67.6 Å². The van der Waals surface area contributed by atoms with Crippen LogP contribution in [0.25, 0.3) is 0 Å². The second-order valence-corrected chi connectivity index (χ2v) is 16.1. The van der Waals surface area contributed by atoms with E-state index in [-0.39, 0.29) is 31.8 Å². The molecule has 10 heteroatoms. The Morgan fingerprint density at radius 3 is 2.02 bits per heavy atom. The van der Waals surface area contributed by atoms with Gasteiger partial charge in [0, 0.05) is 29.3 Å². The molecular weight excluding hydrogens is 710 g/mol. The summed E-state index contributed by atoms with van der Waals surface area (Å²) in [5, 5.41) is 0. The van der Waals surface area contributed by atoms with Gasteiger partial charge >= 0.3 is 14.0 Å². The Morgan fingerprint density at radius 1 is 0.815 bits per heavy atom. The summed E-state index contributed by atoms with van der Waals surface area (Å²) in [6.45, 7) is 1.37. The average molecular weight is 754 g/mol. The van der Waals surface area contributed by atoms with Crippen molar-refractivity contribution in [1.29, 1.82) is 0 Å². The van der Waals surface area contributed by atoms with Crippen molar-refractivity contribution >= 4 is 13.6 Å². The quantitative estimate of drug-likeness (QED) is 0.0880. The molecule has 1 heterocycles. The minimum Gasteiger partial charge on any atom is -0.294 e. The van der Waals surface area contributed by atoms with Gasteiger partial charge in [-0.2, -0.15) is 13.2 Å². The van der Waals surface area contributed by atoms with E-state index in [0.717, 1.165) is 27.9 Å². The molecule has 0 bridgehead atoms. The number of carbonyl (C=O) groups is 1. The second-order valence-electron chi connectivity index (χ2n) is 14.5. The molecule has 0 aliphatic heterocycles. The minimum absolute atomic E-state index is 0.0389. The number of aromatic nitrogens is 1. The number of carbonyl (C=O) groups excluding carboxylic acids is 1. The molecule has 0 spiro atoms. The van der Waals surface area contributed by atoms with Gasteiger partial charge < -0.3 is 0 Å². The Labute approximate surface area is 314 Å². The molecule has 280 valence electrons. The van der Waals surface area contributed by atoms with Crippen molar-refractivity contribution in [1.82, 2.24) is 4.98 Å². The van der Waals surface area contributed by atoms with Gasteiger partial charge in [-0.15, -0.1) is 0 Å². The summed E-state index contributed by atoms with van der Waals surface area (Å²) in [7, 11) is -4.79.